The van der Waals surface area contributed by atoms with Crippen LogP contribution in [0.2, 0.25) is 0 Å². The number of H-pyrrole nitrogens is 1. The van der Waals surface area contributed by atoms with E-state index >= 15 is 0 Å². The number of rotatable bonds is 1. The van der Waals surface area contributed by atoms with Gasteiger partial charge in [0.25, 0.3) is 0 Å². The number of alkyl halides is 1. The molecule has 3 heteroatoms. The van der Waals surface area contributed by atoms with Gasteiger partial charge in [0, 0.05) is 23.7 Å². The summed E-state index contributed by atoms with van der Waals surface area (Å²) in [7, 11) is 0. The van der Waals surface area contributed by atoms with Crippen molar-refractivity contribution in [2.24, 2.45) is 0 Å². The number of hydrogen-bond donors (Lipinski definition) is 1. The Morgan fingerprint density at radius 1 is 1.45 bits per heavy atom. The van der Waals surface area contributed by atoms with E-state index in [9.17, 15) is 0 Å². The maximum absolute atomic E-state index is 5.72. The van der Waals surface area contributed by atoms with Gasteiger partial charge in [0.15, 0.2) is 0 Å². The lowest BCUT2D eigenvalue weighted by Crippen LogP contribution is -1.81. The highest BCUT2D eigenvalue weighted by Crippen LogP contribution is 2.16. The first-order chi connectivity index (χ1) is 5.42. The van der Waals surface area contributed by atoms with E-state index in [0.717, 1.165) is 16.6 Å². The van der Waals surface area contributed by atoms with Crippen LogP contribution in [0.4, 0.5) is 0 Å². The van der Waals surface area contributed by atoms with Crippen molar-refractivity contribution in [1.82, 2.24) is 9.97 Å². The van der Waals surface area contributed by atoms with Gasteiger partial charge in [-0.15, -0.1) is 11.6 Å². The number of aromatic nitrogens is 2. The lowest BCUT2D eigenvalue weighted by molar-refractivity contribution is 1.30. The molecule has 0 aliphatic rings. The minimum Gasteiger partial charge on any atom is -0.346 e. The minimum absolute atomic E-state index is 0.539. The minimum atomic E-state index is 0.539. The van der Waals surface area contributed by atoms with Crippen molar-refractivity contribution in [3.63, 3.8) is 0 Å². The van der Waals surface area contributed by atoms with E-state index in [1.807, 2.05) is 18.3 Å². The van der Waals surface area contributed by atoms with E-state index in [1.54, 1.807) is 6.20 Å². The summed E-state index contributed by atoms with van der Waals surface area (Å²) in [5.41, 5.74) is 2.03. The summed E-state index contributed by atoms with van der Waals surface area (Å²) < 4.78 is 0. The fourth-order valence-electron chi connectivity index (χ4n) is 1.13. The van der Waals surface area contributed by atoms with Gasteiger partial charge in [0.2, 0.25) is 0 Å². The van der Waals surface area contributed by atoms with Gasteiger partial charge in [0.1, 0.15) is 5.65 Å². The van der Waals surface area contributed by atoms with Gasteiger partial charge in [-0.1, -0.05) is 0 Å². The zero-order valence-corrected chi connectivity index (χ0v) is 6.60. The van der Waals surface area contributed by atoms with E-state index in [1.165, 1.54) is 0 Å². The van der Waals surface area contributed by atoms with Crippen LogP contribution in [0.5, 0.6) is 0 Å². The Hall–Kier alpha value is -1.02. The second-order valence-corrected chi connectivity index (χ2v) is 2.61. The van der Waals surface area contributed by atoms with Crippen LogP contribution >= 0.6 is 11.6 Å². The molecule has 0 fully saturated rings. The van der Waals surface area contributed by atoms with E-state index in [4.69, 9.17) is 11.6 Å². The molecular weight excluding hydrogens is 160 g/mol. The molecule has 0 saturated carbocycles. The Labute approximate surface area is 69.2 Å². The lowest BCUT2D eigenvalue weighted by atomic mass is 10.2. The molecular formula is C8H7ClN2. The molecule has 2 aromatic heterocycles. The third-order valence-electron chi connectivity index (χ3n) is 1.69. The van der Waals surface area contributed by atoms with Crippen LogP contribution in [0.25, 0.3) is 11.0 Å². The summed E-state index contributed by atoms with van der Waals surface area (Å²) in [5, 5.41) is 1.11. The number of halogens is 1. The Balaban J connectivity index is 2.79. The van der Waals surface area contributed by atoms with E-state index in [0.29, 0.717) is 5.88 Å². The predicted octanol–water partition coefficient (Wildman–Crippen LogP) is 2.30. The first kappa shape index (κ1) is 6.68. The third-order valence-corrected chi connectivity index (χ3v) is 1.98. The number of hydrogen-bond acceptors (Lipinski definition) is 1. The normalized spacial score (nSPS) is 10.6. The zero-order valence-electron chi connectivity index (χ0n) is 5.84. The molecule has 0 atom stereocenters. The largest absolute Gasteiger partial charge is 0.346 e. The highest BCUT2D eigenvalue weighted by atomic mass is 35.5. The third kappa shape index (κ3) is 0.994. The van der Waals surface area contributed by atoms with Crippen LogP contribution < -0.4 is 0 Å². The standard InChI is InChI=1S/C8H7ClN2/c9-5-6-1-3-10-8-7(6)2-4-11-8/h1-4H,5H2,(H,10,11). The van der Waals surface area contributed by atoms with Crippen molar-refractivity contribution in [2.75, 3.05) is 0 Å². The molecule has 56 valence electrons. The Kier molecular flexibility index (Phi) is 1.55. The quantitative estimate of drug-likeness (QED) is 0.647. The van der Waals surface area contributed by atoms with Crippen molar-refractivity contribution in [3.05, 3.63) is 30.1 Å². The number of nitrogens with one attached hydrogen (secondary N) is 1. The SMILES string of the molecule is ClCc1ccnc2[nH]ccc12. The summed E-state index contributed by atoms with van der Waals surface area (Å²) in [6, 6.07) is 3.92. The van der Waals surface area contributed by atoms with Crippen molar-refractivity contribution in [1.29, 1.82) is 0 Å². The molecule has 1 N–H and O–H groups in total. The van der Waals surface area contributed by atoms with Crippen LogP contribution in [0.3, 0.4) is 0 Å². The summed E-state index contributed by atoms with van der Waals surface area (Å²) in [5.74, 6) is 0.539. The Bertz CT molecular complexity index is 367. The summed E-state index contributed by atoms with van der Waals surface area (Å²) in [4.78, 5) is 7.16. The molecule has 0 aliphatic carbocycles. The molecule has 0 saturated heterocycles. The van der Waals surface area contributed by atoms with Crippen molar-refractivity contribution >= 4 is 22.6 Å². The molecule has 2 nitrogen and oxygen atoms in total. The van der Waals surface area contributed by atoms with Gasteiger partial charge in [-0.2, -0.15) is 0 Å². The zero-order chi connectivity index (χ0) is 7.68. The number of pyridine rings is 1. The number of nitrogens with zero attached hydrogens (tertiary/aromatic N) is 1. The van der Waals surface area contributed by atoms with Crippen LogP contribution in [0.1, 0.15) is 5.56 Å². The van der Waals surface area contributed by atoms with Crippen molar-refractivity contribution in [3.8, 4) is 0 Å². The second kappa shape index (κ2) is 2.55. The van der Waals surface area contributed by atoms with Crippen LogP contribution in [0, 0.1) is 0 Å². The first-order valence-electron chi connectivity index (χ1n) is 3.39. The van der Waals surface area contributed by atoms with Crippen molar-refractivity contribution in [2.45, 2.75) is 5.88 Å². The molecule has 2 heterocycles. The Morgan fingerprint density at radius 2 is 2.36 bits per heavy atom. The second-order valence-electron chi connectivity index (χ2n) is 2.34. The highest BCUT2D eigenvalue weighted by Gasteiger charge is 1.99. The van der Waals surface area contributed by atoms with Crippen LogP contribution in [-0.2, 0) is 5.88 Å². The molecule has 2 aromatic rings. The fourth-order valence-corrected chi connectivity index (χ4v) is 1.37. The van der Waals surface area contributed by atoms with Crippen LogP contribution in [0.15, 0.2) is 24.5 Å². The molecule has 11 heavy (non-hydrogen) atoms. The summed E-state index contributed by atoms with van der Waals surface area (Å²) >= 11 is 5.72. The summed E-state index contributed by atoms with van der Waals surface area (Å²) in [6.45, 7) is 0. The monoisotopic (exact) mass is 166 g/mol. The van der Waals surface area contributed by atoms with E-state index in [2.05, 4.69) is 9.97 Å². The molecule has 0 spiro atoms. The topological polar surface area (TPSA) is 28.7 Å². The fraction of sp³-hybridized carbons (Fsp3) is 0.125. The molecule has 0 aliphatic heterocycles. The van der Waals surface area contributed by atoms with Crippen molar-refractivity contribution < 1.29 is 0 Å². The molecule has 0 amide bonds. The maximum Gasteiger partial charge on any atom is 0.137 e. The van der Waals surface area contributed by atoms with Gasteiger partial charge in [0.05, 0.1) is 0 Å². The predicted molar refractivity (Wildman–Crippen MR) is 45.7 cm³/mol. The smallest absolute Gasteiger partial charge is 0.137 e. The Morgan fingerprint density at radius 3 is 3.18 bits per heavy atom. The molecule has 0 unspecified atom stereocenters. The molecule has 0 aromatic carbocycles. The molecule has 0 radical (unpaired) electrons. The van der Waals surface area contributed by atoms with Gasteiger partial charge < -0.3 is 4.98 Å². The number of fused-ring (bicyclic) bond motifs is 1. The lowest BCUT2D eigenvalue weighted by Gasteiger charge is -1.94. The maximum atomic E-state index is 5.72. The average molecular weight is 167 g/mol. The van der Waals surface area contributed by atoms with Gasteiger partial charge in [-0.25, -0.2) is 4.98 Å². The average Bonchev–Trinajstić information content (AvgIpc) is 2.50. The first-order valence-corrected chi connectivity index (χ1v) is 3.92. The molecule has 2 rings (SSSR count). The van der Waals surface area contributed by atoms with E-state index < -0.39 is 0 Å². The van der Waals surface area contributed by atoms with Gasteiger partial charge in [-0.3, -0.25) is 0 Å². The summed E-state index contributed by atoms with van der Waals surface area (Å²) in [6.07, 6.45) is 3.63. The number of aromatic amines is 1. The van der Waals surface area contributed by atoms with Gasteiger partial charge >= 0.3 is 0 Å². The highest BCUT2D eigenvalue weighted by molar-refractivity contribution is 6.17. The van der Waals surface area contributed by atoms with E-state index in [-0.39, 0.29) is 0 Å². The van der Waals surface area contributed by atoms with Gasteiger partial charge in [-0.05, 0) is 17.7 Å². The van der Waals surface area contributed by atoms with Crippen LogP contribution in [-0.4, -0.2) is 9.97 Å². The molecule has 0 bridgehead atoms.